The van der Waals surface area contributed by atoms with Gasteiger partial charge in [-0.25, -0.2) is 0 Å². The van der Waals surface area contributed by atoms with Crippen molar-refractivity contribution in [2.45, 2.75) is 45.1 Å². The molecule has 1 saturated carbocycles. The van der Waals surface area contributed by atoms with Crippen LogP contribution < -0.4 is 5.32 Å². The summed E-state index contributed by atoms with van der Waals surface area (Å²) in [6.45, 7) is 2.32. The van der Waals surface area contributed by atoms with Gasteiger partial charge >= 0.3 is 0 Å². The first-order valence-corrected chi connectivity index (χ1v) is 6.57. The molecule has 1 aromatic carbocycles. The van der Waals surface area contributed by atoms with E-state index in [4.69, 9.17) is 5.26 Å². The molecular weight excluding hydrogens is 208 g/mol. The minimum absolute atomic E-state index is 0.520. The van der Waals surface area contributed by atoms with Crippen LogP contribution >= 0.6 is 0 Å². The van der Waals surface area contributed by atoms with Crippen molar-refractivity contribution in [2.75, 3.05) is 5.32 Å². The van der Waals surface area contributed by atoms with Gasteiger partial charge in [0.05, 0.1) is 11.3 Å². The maximum absolute atomic E-state index is 9.08. The fourth-order valence-corrected chi connectivity index (χ4v) is 2.61. The van der Waals surface area contributed by atoms with Gasteiger partial charge in [-0.2, -0.15) is 5.26 Å². The van der Waals surface area contributed by atoms with Gasteiger partial charge in [-0.15, -0.1) is 0 Å². The Hall–Kier alpha value is -1.49. The first kappa shape index (κ1) is 12.0. The first-order chi connectivity index (χ1) is 8.31. The molecule has 1 N–H and O–H groups in total. The minimum Gasteiger partial charge on any atom is -0.381 e. The molecule has 1 fully saturated rings. The van der Waals surface area contributed by atoms with Gasteiger partial charge in [0, 0.05) is 6.04 Å². The van der Waals surface area contributed by atoms with Gasteiger partial charge in [-0.1, -0.05) is 38.3 Å². The van der Waals surface area contributed by atoms with Crippen molar-refractivity contribution in [1.29, 1.82) is 5.26 Å². The molecule has 0 aromatic heterocycles. The molecule has 0 bridgehead atoms. The number of rotatable bonds is 2. The van der Waals surface area contributed by atoms with Gasteiger partial charge in [0.15, 0.2) is 0 Å². The summed E-state index contributed by atoms with van der Waals surface area (Å²) >= 11 is 0. The Morgan fingerprint density at radius 2 is 1.94 bits per heavy atom. The molecule has 0 spiro atoms. The molecule has 90 valence electrons. The number of anilines is 1. The van der Waals surface area contributed by atoms with E-state index in [-0.39, 0.29) is 0 Å². The second-order valence-corrected chi connectivity index (χ2v) is 5.02. The molecule has 0 amide bonds. The predicted octanol–water partition coefficient (Wildman–Crippen LogP) is 3.94. The molecule has 0 radical (unpaired) electrons. The molecule has 2 unspecified atom stereocenters. The predicted molar refractivity (Wildman–Crippen MR) is 70.8 cm³/mol. The molecular formula is C15H20N2. The summed E-state index contributed by atoms with van der Waals surface area (Å²) in [6, 6.07) is 10.6. The van der Waals surface area contributed by atoms with E-state index in [1.807, 2.05) is 24.3 Å². The highest BCUT2D eigenvalue weighted by molar-refractivity contribution is 5.57. The topological polar surface area (TPSA) is 35.8 Å². The van der Waals surface area contributed by atoms with Crippen LogP contribution in [0.4, 0.5) is 5.69 Å². The summed E-state index contributed by atoms with van der Waals surface area (Å²) in [5.41, 5.74) is 1.75. The fraction of sp³-hybridized carbons (Fsp3) is 0.533. The number of nitriles is 1. The number of hydrogen-bond acceptors (Lipinski definition) is 2. The molecule has 2 heteroatoms. The van der Waals surface area contributed by atoms with Crippen molar-refractivity contribution in [1.82, 2.24) is 0 Å². The van der Waals surface area contributed by atoms with E-state index in [9.17, 15) is 0 Å². The lowest BCUT2D eigenvalue weighted by atomic mass is 9.96. The highest BCUT2D eigenvalue weighted by Crippen LogP contribution is 2.26. The van der Waals surface area contributed by atoms with Crippen LogP contribution in [-0.4, -0.2) is 6.04 Å². The quantitative estimate of drug-likeness (QED) is 0.778. The molecule has 2 rings (SSSR count). The summed E-state index contributed by atoms with van der Waals surface area (Å²) in [7, 11) is 0. The first-order valence-electron chi connectivity index (χ1n) is 6.57. The van der Waals surface area contributed by atoms with Gasteiger partial charge in [0.2, 0.25) is 0 Å². The number of nitrogens with one attached hydrogen (secondary N) is 1. The molecule has 1 aromatic rings. The maximum Gasteiger partial charge on any atom is 0.101 e. The molecule has 0 saturated heterocycles. The summed E-state index contributed by atoms with van der Waals surface area (Å²) in [5.74, 6) is 0.698. The fourth-order valence-electron chi connectivity index (χ4n) is 2.61. The van der Waals surface area contributed by atoms with Gasteiger partial charge in [0.1, 0.15) is 6.07 Å². The molecule has 1 aliphatic rings. The molecule has 2 nitrogen and oxygen atoms in total. The molecule has 17 heavy (non-hydrogen) atoms. The highest BCUT2D eigenvalue weighted by Gasteiger charge is 2.20. The van der Waals surface area contributed by atoms with Crippen molar-refractivity contribution in [3.8, 4) is 6.07 Å². The summed E-state index contributed by atoms with van der Waals surface area (Å²) in [4.78, 5) is 0. The largest absolute Gasteiger partial charge is 0.381 e. The Morgan fingerprint density at radius 3 is 2.76 bits per heavy atom. The third kappa shape index (κ3) is 3.00. The van der Waals surface area contributed by atoms with Gasteiger partial charge in [-0.3, -0.25) is 0 Å². The van der Waals surface area contributed by atoms with E-state index < -0.39 is 0 Å². The number of nitrogens with zero attached hydrogens (tertiary/aromatic N) is 1. The van der Waals surface area contributed by atoms with Crippen LogP contribution in [-0.2, 0) is 0 Å². The zero-order chi connectivity index (χ0) is 12.1. The Morgan fingerprint density at radius 1 is 1.18 bits per heavy atom. The van der Waals surface area contributed by atoms with Gasteiger partial charge in [0.25, 0.3) is 0 Å². The molecule has 2 atom stereocenters. The highest BCUT2D eigenvalue weighted by atomic mass is 14.9. The van der Waals surface area contributed by atoms with E-state index in [1.54, 1.807) is 0 Å². The molecule has 1 aliphatic carbocycles. The monoisotopic (exact) mass is 228 g/mol. The third-order valence-electron chi connectivity index (χ3n) is 3.75. The number of benzene rings is 1. The molecule has 0 aliphatic heterocycles. The average Bonchev–Trinajstić information content (AvgIpc) is 2.56. The van der Waals surface area contributed by atoms with E-state index in [0.29, 0.717) is 12.0 Å². The number of para-hydroxylation sites is 1. The maximum atomic E-state index is 9.08. The van der Waals surface area contributed by atoms with E-state index in [2.05, 4.69) is 18.3 Å². The minimum atomic E-state index is 0.520. The normalized spacial score (nSPS) is 24.7. The van der Waals surface area contributed by atoms with E-state index in [0.717, 1.165) is 11.3 Å². The SMILES string of the molecule is CC1CCCCCC1Nc1ccccc1C#N. The van der Waals surface area contributed by atoms with Crippen molar-refractivity contribution in [3.63, 3.8) is 0 Å². The smallest absolute Gasteiger partial charge is 0.101 e. The van der Waals surface area contributed by atoms with Crippen LogP contribution in [0.3, 0.4) is 0 Å². The van der Waals surface area contributed by atoms with Crippen LogP contribution in [0.25, 0.3) is 0 Å². The lowest BCUT2D eigenvalue weighted by molar-refractivity contribution is 0.456. The zero-order valence-electron chi connectivity index (χ0n) is 10.4. The van der Waals surface area contributed by atoms with Crippen molar-refractivity contribution < 1.29 is 0 Å². The van der Waals surface area contributed by atoms with Crippen LogP contribution in [0.1, 0.15) is 44.6 Å². The van der Waals surface area contributed by atoms with Crippen molar-refractivity contribution in [3.05, 3.63) is 29.8 Å². The van der Waals surface area contributed by atoms with E-state index >= 15 is 0 Å². The average molecular weight is 228 g/mol. The van der Waals surface area contributed by atoms with Gasteiger partial charge in [-0.05, 0) is 30.9 Å². The standard InChI is InChI=1S/C15H20N2/c1-12-7-3-2-4-9-14(12)17-15-10-6-5-8-13(15)11-16/h5-6,8,10,12,14,17H,2-4,7,9H2,1H3. The van der Waals surface area contributed by atoms with Crippen LogP contribution in [0.2, 0.25) is 0 Å². The molecule has 0 heterocycles. The second kappa shape index (κ2) is 5.72. The lowest BCUT2D eigenvalue weighted by Crippen LogP contribution is -2.26. The Balaban J connectivity index is 2.11. The summed E-state index contributed by atoms with van der Waals surface area (Å²) < 4.78 is 0. The lowest BCUT2D eigenvalue weighted by Gasteiger charge is -2.24. The summed E-state index contributed by atoms with van der Waals surface area (Å²) in [5, 5.41) is 12.6. The van der Waals surface area contributed by atoms with Crippen LogP contribution in [0.5, 0.6) is 0 Å². The third-order valence-corrected chi connectivity index (χ3v) is 3.75. The van der Waals surface area contributed by atoms with E-state index in [1.165, 1.54) is 32.1 Å². The second-order valence-electron chi connectivity index (χ2n) is 5.02. The van der Waals surface area contributed by atoms with Gasteiger partial charge < -0.3 is 5.32 Å². The number of hydrogen-bond donors (Lipinski definition) is 1. The van der Waals surface area contributed by atoms with Crippen LogP contribution in [0.15, 0.2) is 24.3 Å². The van der Waals surface area contributed by atoms with Crippen LogP contribution in [0, 0.1) is 17.2 Å². The van der Waals surface area contributed by atoms with Crippen molar-refractivity contribution >= 4 is 5.69 Å². The zero-order valence-corrected chi connectivity index (χ0v) is 10.4. The summed E-state index contributed by atoms with van der Waals surface area (Å²) in [6.07, 6.45) is 6.52. The Kier molecular flexibility index (Phi) is 4.03. The van der Waals surface area contributed by atoms with Crippen molar-refractivity contribution in [2.24, 2.45) is 5.92 Å². The Bertz CT molecular complexity index is 406. The Labute approximate surface area is 104 Å².